The van der Waals surface area contributed by atoms with Crippen molar-refractivity contribution in [1.29, 1.82) is 0 Å². The standard InChI is InChI=1S/C32H38N12O9S2.C28H32N12O8S2/c33-27-36-28(38-30(37-27)42-7-13-51-14-8-42)34-23-5-3-21(25(19-23)54(45,46)47)1-2-22-4-6-24(20-26(22)55(48,49)50)35-29-39-31(43-9-15-52-16-10-43)41-32(40-29)44-11-17-53-18-12-44;29-23-33-25(37-27(35-23)39-7-11-47-12-8-39)31-19-5-3-17(21(15-19)49(41,42)43)1-2-18-4-6-20(16-22(18)50(44,45)46)32-26-34-24(30)36-28(38-26)40-9-13-48-14-10-40/h1-6,19-20H,7-18H2,(H,45,46,47)(H,48,49,50)(H,35,39,40,41)(H3,33,34,36,37,38);1-6,15-16H,7-14H2,(H,41,42,43)(H,44,45,46)(H3,29,31,33,35,37)(H3,30,32,34,36,38)/b2*2-1+. The van der Waals surface area contributed by atoms with Gasteiger partial charge in [0.25, 0.3) is 0 Å². The smallest absolute Gasteiger partial charge is 0.744 e. The number of anilines is 16. The molecule has 0 aliphatic carbocycles. The maximum atomic E-state index is 12.5. The van der Waals surface area contributed by atoms with E-state index in [4.69, 9.17) is 40.9 Å². The van der Waals surface area contributed by atoms with Crippen LogP contribution >= 0.6 is 0 Å². The quantitative estimate of drug-likeness (QED) is 0.0395. The van der Waals surface area contributed by atoms with Crippen LogP contribution in [-0.4, -0.2) is 243 Å². The van der Waals surface area contributed by atoms with E-state index in [1.807, 2.05) is 24.5 Å². The average molecular weight is 1530 g/mol. The Hall–Kier alpha value is -10.6. The Labute approximate surface area is 606 Å². The van der Waals surface area contributed by atoms with Crippen molar-refractivity contribution in [2.24, 2.45) is 0 Å². The summed E-state index contributed by atoms with van der Waals surface area (Å²) in [6.07, 6.45) is 4.84. The van der Waals surface area contributed by atoms with E-state index in [9.17, 15) is 51.9 Å². The van der Waals surface area contributed by atoms with E-state index < -0.39 is 60.1 Å². The van der Waals surface area contributed by atoms with Gasteiger partial charge in [0.05, 0.1) is 85.7 Å². The van der Waals surface area contributed by atoms with Crippen LogP contribution in [0.2, 0.25) is 0 Å². The predicted molar refractivity (Wildman–Crippen MR) is 381 cm³/mol. The number of nitrogens with two attached hydrogens (primary N) is 3. The van der Waals surface area contributed by atoms with E-state index in [1.54, 1.807) is 0 Å². The van der Waals surface area contributed by atoms with Crippen molar-refractivity contribution in [2.45, 2.75) is 19.6 Å². The van der Waals surface area contributed by atoms with Gasteiger partial charge in [-0.15, -0.1) is 0 Å². The molecule has 0 spiro atoms. The van der Waals surface area contributed by atoms with Gasteiger partial charge in [-0.05, 0) is 70.8 Å². The van der Waals surface area contributed by atoms with Gasteiger partial charge in [-0.2, -0.15) is 59.8 Å². The van der Waals surface area contributed by atoms with Crippen molar-refractivity contribution in [3.63, 3.8) is 0 Å². The molecule has 13 rings (SSSR count). The molecule has 5 fully saturated rings. The number of nitrogen functional groups attached to an aromatic ring is 3. The van der Waals surface area contributed by atoms with Gasteiger partial charge < -0.3 is 105 Å². The van der Waals surface area contributed by atoms with Gasteiger partial charge in [0.2, 0.25) is 71.4 Å². The number of aromatic nitrogens is 12. The van der Waals surface area contributed by atoms with Crippen LogP contribution in [-0.2, 0) is 64.2 Å². The average Bonchev–Trinajstić information content (AvgIpc) is 0.804. The van der Waals surface area contributed by atoms with Crippen molar-refractivity contribution in [3.05, 3.63) is 95.1 Å². The first-order chi connectivity index (χ1) is 50.2. The summed E-state index contributed by atoms with van der Waals surface area (Å²) in [4.78, 5) is 58.3. The molecular weight excluding hydrogens is 1460 g/mol. The number of benzene rings is 4. The minimum atomic E-state index is -5.07. The third-order valence-electron chi connectivity index (χ3n) is 16.0. The van der Waals surface area contributed by atoms with Gasteiger partial charge in [-0.25, -0.2) is 33.7 Å². The Morgan fingerprint density at radius 1 is 0.305 bits per heavy atom. The topological polar surface area (TPSA) is 572 Å². The van der Waals surface area contributed by atoms with E-state index in [0.29, 0.717) is 161 Å². The molecule has 9 heterocycles. The molecule has 10 N–H and O–H groups in total. The first-order valence-corrected chi connectivity index (χ1v) is 37.6. The monoisotopic (exact) mass is 1530 g/mol. The molecule has 0 bridgehead atoms. The second kappa shape index (κ2) is 32.2. The SMILES string of the molecule is Nc1nc(Nc2ccc(/C=C/c3ccc(Nc4nc(N)nc(N5CCOCC5)n4)cc3S(=O)(=O)[O-])c(S(=O)(=O)[O-])c2)nc(N2CCOCC2)n1.Nc1nc(Nc2ccc(/C=C/c3ccc(Nc4nc(N5CCOCC5)nc(N5CCOCC5)n4)cc3S(=O)(=O)[O-])c(S(=O)(=O)[O-])c2)nc(N2CCOCC2)n1.[H+].[H+].[H+].[H+]. The maximum Gasteiger partial charge on any atom is 1.00 e. The molecule has 105 heavy (non-hydrogen) atoms. The van der Waals surface area contributed by atoms with Crippen molar-refractivity contribution in [1.82, 2.24) is 59.8 Å². The Morgan fingerprint density at radius 2 is 0.495 bits per heavy atom. The molecule has 4 aromatic heterocycles. The Bertz CT molecular complexity index is 4890. The molecule has 5 aliphatic rings. The number of rotatable bonds is 21. The molecule has 0 atom stereocenters. The molecule has 5 saturated heterocycles. The minimum Gasteiger partial charge on any atom is -0.744 e. The minimum absolute atomic E-state index is 0. The highest BCUT2D eigenvalue weighted by molar-refractivity contribution is 7.86. The summed E-state index contributed by atoms with van der Waals surface area (Å²) in [7, 11) is -20.2. The largest absolute Gasteiger partial charge is 1.00 e. The van der Waals surface area contributed by atoms with Crippen LogP contribution in [0.15, 0.2) is 92.4 Å². The molecule has 8 aromatic rings. The van der Waals surface area contributed by atoms with Crippen molar-refractivity contribution in [3.8, 4) is 0 Å². The van der Waals surface area contributed by atoms with E-state index in [2.05, 4.69) is 81.1 Å². The van der Waals surface area contributed by atoms with Crippen LogP contribution in [0.3, 0.4) is 0 Å². The summed E-state index contributed by atoms with van der Waals surface area (Å²) in [5.74, 6) is 1.58. The maximum absolute atomic E-state index is 12.5. The lowest BCUT2D eigenvalue weighted by molar-refractivity contribution is 0.121. The lowest BCUT2D eigenvalue weighted by Gasteiger charge is -2.30. The third kappa shape index (κ3) is 19.6. The fourth-order valence-corrected chi connectivity index (χ4v) is 13.8. The van der Waals surface area contributed by atoms with E-state index in [0.717, 1.165) is 24.3 Å². The van der Waals surface area contributed by atoms with E-state index in [1.165, 1.54) is 72.8 Å². The zero-order valence-electron chi connectivity index (χ0n) is 59.3. The highest BCUT2D eigenvalue weighted by Gasteiger charge is 2.25. The fourth-order valence-electron chi connectivity index (χ4n) is 11.0. The molecule has 0 amide bonds. The Balaban J connectivity index is 0.000000266. The molecule has 5 aliphatic heterocycles. The molecule has 45 heteroatoms. The van der Waals surface area contributed by atoms with Crippen molar-refractivity contribution < 1.29 is 81.3 Å². The summed E-state index contributed by atoms with van der Waals surface area (Å²) in [5.41, 5.74) is 17.9. The number of nitrogens with one attached hydrogen (secondary N) is 4. The molecule has 4 aromatic carbocycles. The highest BCUT2D eigenvalue weighted by atomic mass is 32.2. The van der Waals surface area contributed by atoms with Gasteiger partial charge >= 0.3 is 5.71 Å². The van der Waals surface area contributed by atoms with Crippen LogP contribution < -0.4 is 63.0 Å². The molecular formula is C60H70N24O17S4. The van der Waals surface area contributed by atoms with E-state index in [-0.39, 0.29) is 92.3 Å². The predicted octanol–water partition coefficient (Wildman–Crippen LogP) is 1.42. The third-order valence-corrected chi connectivity index (χ3v) is 19.6. The lowest BCUT2D eigenvalue weighted by Crippen LogP contribution is -2.40. The molecule has 556 valence electrons. The van der Waals surface area contributed by atoms with Gasteiger partial charge in [-0.3, -0.25) is 0 Å². The first-order valence-electron chi connectivity index (χ1n) is 32.0. The lowest BCUT2D eigenvalue weighted by atomic mass is 10.1. The van der Waals surface area contributed by atoms with Gasteiger partial charge in [-0.1, -0.05) is 48.6 Å². The molecule has 0 saturated carbocycles. The zero-order valence-corrected chi connectivity index (χ0v) is 58.6. The van der Waals surface area contributed by atoms with Gasteiger partial charge in [0.15, 0.2) is 0 Å². The van der Waals surface area contributed by atoms with Crippen LogP contribution in [0.4, 0.5) is 94.1 Å². The second-order valence-corrected chi connectivity index (χ2v) is 28.6. The molecule has 0 radical (unpaired) electrons. The molecule has 0 unspecified atom stereocenters. The highest BCUT2D eigenvalue weighted by Crippen LogP contribution is 2.32. The number of hydrogen-bond donors (Lipinski definition) is 7. The van der Waals surface area contributed by atoms with Crippen molar-refractivity contribution in [2.75, 3.05) is 194 Å². The van der Waals surface area contributed by atoms with Gasteiger partial charge in [0.1, 0.15) is 40.5 Å². The van der Waals surface area contributed by atoms with Crippen LogP contribution in [0.5, 0.6) is 0 Å². The van der Waals surface area contributed by atoms with Crippen LogP contribution in [0.1, 0.15) is 28.0 Å². The van der Waals surface area contributed by atoms with Crippen LogP contribution in [0, 0.1) is 0 Å². The molecule has 41 nitrogen and oxygen atoms in total. The number of nitrogens with zero attached hydrogens (tertiary/aromatic N) is 17. The summed E-state index contributed by atoms with van der Waals surface area (Å²) in [5, 5.41) is 11.5. The van der Waals surface area contributed by atoms with Gasteiger partial charge in [0, 0.05) is 88.2 Å². The summed E-state index contributed by atoms with van der Waals surface area (Å²) in [6, 6.07) is 15.5. The number of hydrogen-bond acceptors (Lipinski definition) is 41. The number of morpholine rings is 5. The summed E-state index contributed by atoms with van der Waals surface area (Å²) < 4.78 is 175. The van der Waals surface area contributed by atoms with E-state index >= 15 is 0 Å². The second-order valence-electron chi connectivity index (χ2n) is 23.2. The van der Waals surface area contributed by atoms with Crippen LogP contribution in [0.25, 0.3) is 24.3 Å². The fraction of sp³-hybridized carbons (Fsp3) is 0.333. The summed E-state index contributed by atoms with van der Waals surface area (Å²) in [6.45, 7) is 10.3. The van der Waals surface area contributed by atoms with Crippen molar-refractivity contribution >= 4 is 159 Å². The number of ether oxygens (including phenoxy) is 5. The normalized spacial score (nSPS) is 16.4. The Kier molecular flexibility index (Phi) is 22.8. The Morgan fingerprint density at radius 3 is 0.695 bits per heavy atom. The summed E-state index contributed by atoms with van der Waals surface area (Å²) >= 11 is 0. The zero-order chi connectivity index (χ0) is 74.0. The first kappa shape index (κ1) is 74.2.